The minimum atomic E-state index is -2.52. The van der Waals surface area contributed by atoms with Crippen molar-refractivity contribution in [2.24, 2.45) is 29.6 Å². The van der Waals surface area contributed by atoms with Crippen LogP contribution in [0.15, 0.2) is 47.6 Å². The molecule has 1 amide bonds. The predicted octanol–water partition coefficient (Wildman–Crippen LogP) is 5.61. The molecular formula is C48H71NO13. The highest BCUT2D eigenvalue weighted by Crippen LogP contribution is 2.39. The number of amides is 1. The molecule has 0 unspecified atom stereocenters. The number of aliphatic hydroxyl groups is 3. The summed E-state index contributed by atoms with van der Waals surface area (Å²) in [5.41, 5.74) is 1.60. The van der Waals surface area contributed by atoms with Crippen LogP contribution in [-0.2, 0) is 38.1 Å². The van der Waals surface area contributed by atoms with Gasteiger partial charge in [-0.15, -0.1) is 0 Å². The van der Waals surface area contributed by atoms with Crippen molar-refractivity contribution in [2.75, 3.05) is 20.8 Å². The van der Waals surface area contributed by atoms with Crippen molar-refractivity contribution >= 4 is 23.4 Å². The highest BCUT2D eigenvalue weighted by Gasteiger charge is 2.56. The number of piperidine rings is 1. The molecule has 1 saturated carbocycles. The molecule has 5 rings (SSSR count). The number of hydrogen-bond acceptors (Lipinski definition) is 13. The first-order chi connectivity index (χ1) is 29.4. The highest BCUT2D eigenvalue weighted by molar-refractivity contribution is 6.39. The van der Waals surface area contributed by atoms with Gasteiger partial charge in [0.05, 0.1) is 24.4 Å². The molecule has 0 radical (unpaired) electrons. The van der Waals surface area contributed by atoms with Crippen LogP contribution in [-0.4, -0.2) is 124 Å². The van der Waals surface area contributed by atoms with Gasteiger partial charge < -0.3 is 49.0 Å². The topological polar surface area (TPSA) is 199 Å². The smallest absolute Gasteiger partial charge is 0.329 e. The number of phenolic OH excluding ortho intramolecular Hbond substituents is 1. The van der Waals surface area contributed by atoms with Crippen LogP contribution in [0.25, 0.3) is 0 Å². The van der Waals surface area contributed by atoms with Gasteiger partial charge in [-0.3, -0.25) is 14.4 Å². The van der Waals surface area contributed by atoms with Crippen molar-refractivity contribution in [3.8, 4) is 11.5 Å². The van der Waals surface area contributed by atoms with Crippen molar-refractivity contribution in [2.45, 2.75) is 167 Å². The maximum atomic E-state index is 14.4. The van der Waals surface area contributed by atoms with Gasteiger partial charge in [0.15, 0.2) is 0 Å². The monoisotopic (exact) mass is 869 g/mol. The molecular weight excluding hydrogens is 799 g/mol. The van der Waals surface area contributed by atoms with Crippen molar-refractivity contribution < 1.29 is 63.3 Å². The molecule has 3 fully saturated rings. The Labute approximate surface area is 367 Å². The fraction of sp³-hybridized carbons (Fsp3) is 0.708. The quantitative estimate of drug-likeness (QED) is 0.150. The van der Waals surface area contributed by atoms with Gasteiger partial charge in [-0.1, -0.05) is 45.4 Å². The lowest BCUT2D eigenvalue weighted by atomic mass is 9.81. The minimum absolute atomic E-state index is 0.0179. The Balaban J connectivity index is 1.50. The average molecular weight is 870 g/mol. The number of methoxy groups -OCH3 is 2. The Morgan fingerprint density at radius 2 is 1.58 bits per heavy atom. The molecule has 2 bridgehead atoms. The van der Waals surface area contributed by atoms with E-state index in [4.69, 9.17) is 23.7 Å². The third kappa shape index (κ3) is 11.7. The number of allylic oxidation sites excluding steroid dienone is 3. The normalized spacial score (nSPS) is 38.6. The number of hydrogen-bond donors (Lipinski definition) is 4. The minimum Gasteiger partial charge on any atom is -0.508 e. The second kappa shape index (κ2) is 21.8. The van der Waals surface area contributed by atoms with Crippen molar-refractivity contribution in [1.29, 1.82) is 0 Å². The molecule has 14 atom stereocenters. The fourth-order valence-corrected chi connectivity index (χ4v) is 9.96. The average Bonchev–Trinajstić information content (AvgIpc) is 3.25. The molecule has 62 heavy (non-hydrogen) atoms. The molecule has 4 aliphatic rings. The summed E-state index contributed by atoms with van der Waals surface area (Å²) in [5.74, 6) is -7.25. The third-order valence-electron chi connectivity index (χ3n) is 13.7. The Morgan fingerprint density at radius 3 is 2.24 bits per heavy atom. The van der Waals surface area contributed by atoms with Crippen LogP contribution in [0.1, 0.15) is 112 Å². The van der Waals surface area contributed by atoms with E-state index in [1.165, 1.54) is 31.3 Å². The molecule has 4 N–H and O–H groups in total. The molecule has 2 saturated heterocycles. The van der Waals surface area contributed by atoms with Crippen LogP contribution in [0.4, 0.5) is 0 Å². The summed E-state index contributed by atoms with van der Waals surface area (Å²) in [5, 5.41) is 44.5. The van der Waals surface area contributed by atoms with E-state index in [2.05, 4.69) is 0 Å². The van der Waals surface area contributed by atoms with Gasteiger partial charge in [0, 0.05) is 44.9 Å². The first-order valence-corrected chi connectivity index (χ1v) is 22.6. The summed E-state index contributed by atoms with van der Waals surface area (Å²) in [6.45, 7) is 11.2. The van der Waals surface area contributed by atoms with Gasteiger partial charge >= 0.3 is 5.97 Å². The fourth-order valence-electron chi connectivity index (χ4n) is 9.96. The lowest BCUT2D eigenvalue weighted by molar-refractivity contribution is -0.302. The van der Waals surface area contributed by atoms with Gasteiger partial charge in [-0.05, 0) is 120 Å². The number of carbonyl (C=O) groups is 4. The number of fused-ring (bicyclic) bond motifs is 3. The van der Waals surface area contributed by atoms with E-state index in [9.17, 15) is 39.6 Å². The van der Waals surface area contributed by atoms with Crippen LogP contribution in [0.2, 0.25) is 0 Å². The van der Waals surface area contributed by atoms with Gasteiger partial charge in [0.1, 0.15) is 41.6 Å². The summed E-state index contributed by atoms with van der Waals surface area (Å²) >= 11 is 0. The molecule has 3 aliphatic heterocycles. The van der Waals surface area contributed by atoms with Gasteiger partial charge in [0.2, 0.25) is 5.79 Å². The predicted molar refractivity (Wildman–Crippen MR) is 230 cm³/mol. The SMILES string of the molecule is CC[C@@H]1/C=C(\C)C[C@H](C)C[C@H](OC)[C@H]2O[C@@](O)(C(=O)C(=O)N3CCCC[C@H]3C(=O)O[C@H](/C(C)=C/[C@@H]3CC[C@@H](O)[C@H](Oc4ccc(O)cc4)C3)[C@H](C)[C@@H](O)CC1=O)[C@H](C)C[C@@H]2OC. The number of Topliss-reactive ketones (excluding diaryl/α,β-unsaturated/α-hetero) is 2. The molecule has 14 heteroatoms. The Bertz CT molecular complexity index is 1760. The van der Waals surface area contributed by atoms with E-state index in [1.807, 2.05) is 32.9 Å². The zero-order chi connectivity index (χ0) is 45.5. The first kappa shape index (κ1) is 49.4. The molecule has 1 aromatic rings. The number of aromatic hydroxyl groups is 1. The molecule has 0 spiro atoms. The van der Waals surface area contributed by atoms with E-state index in [0.717, 1.165) is 5.57 Å². The van der Waals surface area contributed by atoms with Crippen molar-refractivity contribution in [3.05, 3.63) is 47.6 Å². The first-order valence-electron chi connectivity index (χ1n) is 22.6. The largest absolute Gasteiger partial charge is 0.508 e. The van der Waals surface area contributed by atoms with E-state index in [0.29, 0.717) is 62.7 Å². The summed E-state index contributed by atoms with van der Waals surface area (Å²) in [6.07, 6.45) is 2.72. The van der Waals surface area contributed by atoms with Gasteiger partial charge in [0.25, 0.3) is 11.7 Å². The molecule has 1 aliphatic carbocycles. The Morgan fingerprint density at radius 1 is 0.903 bits per heavy atom. The second-order valence-electron chi connectivity index (χ2n) is 18.5. The van der Waals surface area contributed by atoms with Crippen LogP contribution in [0.5, 0.6) is 11.5 Å². The lowest BCUT2D eigenvalue weighted by Gasteiger charge is -2.47. The number of benzene rings is 1. The number of ether oxygens (including phenoxy) is 5. The number of esters is 1. The molecule has 0 aromatic heterocycles. The molecule has 346 valence electrons. The zero-order valence-electron chi connectivity index (χ0n) is 37.9. The van der Waals surface area contributed by atoms with E-state index in [-0.39, 0.29) is 49.2 Å². The van der Waals surface area contributed by atoms with Crippen LogP contribution >= 0.6 is 0 Å². The van der Waals surface area contributed by atoms with Crippen molar-refractivity contribution in [3.63, 3.8) is 0 Å². The number of rotatable bonds is 7. The summed E-state index contributed by atoms with van der Waals surface area (Å²) in [4.78, 5) is 58.1. The standard InChI is InChI=1S/C48H71NO13/c1-9-33-21-27(2)20-28(3)22-41(58-7)44-42(59-8)24-30(5)48(57,62-44)45(54)46(55)49-19-11-10-12-36(49)47(56)61-43(31(6)38(52)26-39(33)53)29(4)23-32-13-18-37(51)40(25-32)60-35-16-14-34(50)15-17-35/h14-17,21,23,28,30-33,36-38,40-44,50-52,57H,9-13,18-20,22,24-26H2,1-8H3/b27-21+,29-23+/t28-,30+,31+,32-,33+,36-,37+,38-,40+,41-,42-,43+,44+,48+/m0/s1. The highest BCUT2D eigenvalue weighted by atomic mass is 16.7. The molecule has 14 nitrogen and oxygen atoms in total. The maximum Gasteiger partial charge on any atom is 0.329 e. The Hall–Kier alpha value is -3.66. The number of ketones is 2. The zero-order valence-corrected chi connectivity index (χ0v) is 37.9. The Kier molecular flexibility index (Phi) is 17.4. The number of cyclic esters (lactones) is 1. The van der Waals surface area contributed by atoms with Crippen LogP contribution in [0.3, 0.4) is 0 Å². The third-order valence-corrected chi connectivity index (χ3v) is 13.7. The van der Waals surface area contributed by atoms with Crippen molar-refractivity contribution in [1.82, 2.24) is 4.90 Å². The number of carbonyl (C=O) groups excluding carboxylic acids is 4. The summed E-state index contributed by atoms with van der Waals surface area (Å²) in [7, 11) is 3.05. The van der Waals surface area contributed by atoms with E-state index >= 15 is 0 Å². The number of aliphatic hydroxyl groups excluding tert-OH is 2. The maximum absolute atomic E-state index is 14.4. The van der Waals surface area contributed by atoms with E-state index in [1.54, 1.807) is 32.9 Å². The molecule has 3 heterocycles. The van der Waals surface area contributed by atoms with Gasteiger partial charge in [-0.2, -0.15) is 0 Å². The summed E-state index contributed by atoms with van der Waals surface area (Å²) < 4.78 is 30.4. The van der Waals surface area contributed by atoms with Gasteiger partial charge in [-0.25, -0.2) is 4.79 Å². The summed E-state index contributed by atoms with van der Waals surface area (Å²) in [6, 6.07) is 5.11. The lowest BCUT2D eigenvalue weighted by Crippen LogP contribution is -2.64. The second-order valence-corrected chi connectivity index (χ2v) is 18.5. The number of nitrogens with zero attached hydrogens (tertiary/aromatic N) is 1. The molecule has 1 aromatic carbocycles. The van der Waals surface area contributed by atoms with Crippen LogP contribution in [0, 0.1) is 29.6 Å². The van der Waals surface area contributed by atoms with E-state index < -0.39 is 90.0 Å². The van der Waals surface area contributed by atoms with Crippen LogP contribution < -0.4 is 4.74 Å². The number of phenols is 1.